The van der Waals surface area contributed by atoms with E-state index in [9.17, 15) is 0 Å². The van der Waals surface area contributed by atoms with Crippen molar-refractivity contribution in [2.24, 2.45) is 0 Å². The van der Waals surface area contributed by atoms with Crippen molar-refractivity contribution in [3.05, 3.63) is 29.3 Å². The number of rotatable bonds is 6. The summed E-state index contributed by atoms with van der Waals surface area (Å²) in [5.41, 5.74) is 5.53. The number of hydrogen-bond acceptors (Lipinski definition) is 4. The molecule has 0 radical (unpaired) electrons. The number of nitrogens with zero attached hydrogens (tertiary/aromatic N) is 1. The van der Waals surface area contributed by atoms with Gasteiger partial charge in [-0.15, -0.1) is 4.33 Å². The number of benzene rings is 1. The highest BCUT2D eigenvalue weighted by atomic mass is 32.2. The van der Waals surface area contributed by atoms with Gasteiger partial charge in [-0.2, -0.15) is 4.58 Å². The summed E-state index contributed by atoms with van der Waals surface area (Å²) in [7, 11) is 0. The maximum Gasteiger partial charge on any atom is 0.212 e. The molecule has 0 amide bonds. The predicted molar refractivity (Wildman–Crippen MR) is 81.5 cm³/mol. The molecular formula is C15H22NO3S+. The van der Waals surface area contributed by atoms with Crippen LogP contribution < -0.4 is 0 Å². The zero-order chi connectivity index (χ0) is 14.8. The molecule has 1 N–H and O–H groups in total. The monoisotopic (exact) mass is 296 g/mol. The summed E-state index contributed by atoms with van der Waals surface area (Å²) in [4.78, 5) is 0. The second-order valence-corrected chi connectivity index (χ2v) is 6.43. The Morgan fingerprint density at radius 1 is 1.30 bits per heavy atom. The Hall–Kier alpha value is -0.880. The van der Waals surface area contributed by atoms with Gasteiger partial charge in [-0.05, 0) is 20.8 Å². The summed E-state index contributed by atoms with van der Waals surface area (Å²) in [5, 5.41) is 11.7. The molecule has 1 aromatic carbocycles. The minimum absolute atomic E-state index is 0.0825. The van der Waals surface area contributed by atoms with Gasteiger partial charge in [0.25, 0.3) is 0 Å². The first-order valence-corrected chi connectivity index (χ1v) is 7.72. The number of fused-ring (bicyclic) bond motifs is 1. The van der Waals surface area contributed by atoms with Gasteiger partial charge in [0.2, 0.25) is 5.69 Å². The standard InChI is InChI=1S/C15H21NO3S/c1-11-7-5-8-13-14(11)16(12(2)15(13,3)4)9-6-10-20-19-18-17/h5,7-8H,6,9-10H2,1-4H3/p+1. The highest BCUT2D eigenvalue weighted by Gasteiger charge is 2.43. The van der Waals surface area contributed by atoms with Crippen LogP contribution in [0.1, 0.15) is 38.3 Å². The molecule has 1 aromatic rings. The smallest absolute Gasteiger partial charge is 0.212 e. The van der Waals surface area contributed by atoms with E-state index in [2.05, 4.69) is 59.8 Å². The molecule has 4 nitrogen and oxygen atoms in total. The molecule has 0 spiro atoms. The number of aryl methyl sites for hydroxylation is 1. The van der Waals surface area contributed by atoms with Gasteiger partial charge in [0.05, 0.1) is 5.41 Å². The van der Waals surface area contributed by atoms with E-state index in [4.69, 9.17) is 5.26 Å². The van der Waals surface area contributed by atoms with Crippen LogP contribution in [0.4, 0.5) is 5.69 Å². The molecule has 0 fully saturated rings. The van der Waals surface area contributed by atoms with Gasteiger partial charge in [-0.25, -0.2) is 5.26 Å². The topological polar surface area (TPSA) is 41.7 Å². The Morgan fingerprint density at radius 3 is 2.75 bits per heavy atom. The lowest BCUT2D eigenvalue weighted by atomic mass is 9.82. The average molecular weight is 296 g/mol. The van der Waals surface area contributed by atoms with Gasteiger partial charge < -0.3 is 0 Å². The van der Waals surface area contributed by atoms with Crippen LogP contribution in [0.15, 0.2) is 18.2 Å². The molecule has 5 heteroatoms. The quantitative estimate of drug-likeness (QED) is 0.285. The largest absolute Gasteiger partial charge is 0.220 e. The summed E-state index contributed by atoms with van der Waals surface area (Å²) in [5.74, 6) is 0.770. The molecule has 2 rings (SSSR count). The van der Waals surface area contributed by atoms with E-state index in [1.807, 2.05) is 0 Å². The molecule has 20 heavy (non-hydrogen) atoms. The first-order chi connectivity index (χ1) is 9.50. The first-order valence-electron chi connectivity index (χ1n) is 6.81. The summed E-state index contributed by atoms with van der Waals surface area (Å²) < 4.78 is 6.81. The molecule has 0 saturated heterocycles. The number of hydrogen-bond donors (Lipinski definition) is 1. The van der Waals surface area contributed by atoms with Crippen molar-refractivity contribution >= 4 is 23.4 Å². The van der Waals surface area contributed by atoms with Gasteiger partial charge in [0.1, 0.15) is 6.54 Å². The average Bonchev–Trinajstić information content (AvgIpc) is 2.61. The van der Waals surface area contributed by atoms with E-state index < -0.39 is 0 Å². The van der Waals surface area contributed by atoms with Crippen LogP contribution in [0.25, 0.3) is 0 Å². The van der Waals surface area contributed by atoms with Crippen LogP contribution in [0.5, 0.6) is 0 Å². The molecule has 0 bridgehead atoms. The SMILES string of the molecule is CC1=[N+](CCCSOOO)c2c(C)cccc2C1(C)C. The summed E-state index contributed by atoms with van der Waals surface area (Å²) in [6.07, 6.45) is 0.954. The normalized spacial score (nSPS) is 16.6. The fourth-order valence-electron chi connectivity index (χ4n) is 2.84. The first kappa shape index (κ1) is 15.5. The van der Waals surface area contributed by atoms with Crippen LogP contribution in [-0.2, 0) is 14.8 Å². The van der Waals surface area contributed by atoms with Crippen molar-refractivity contribution in [2.45, 2.75) is 39.5 Å². The lowest BCUT2D eigenvalue weighted by Gasteiger charge is -2.14. The Bertz CT molecular complexity index is 526. The summed E-state index contributed by atoms with van der Waals surface area (Å²) in [6.45, 7) is 9.86. The summed E-state index contributed by atoms with van der Waals surface area (Å²) >= 11 is 1.12. The fraction of sp³-hybridized carbons (Fsp3) is 0.533. The van der Waals surface area contributed by atoms with Crippen molar-refractivity contribution in [1.29, 1.82) is 0 Å². The zero-order valence-corrected chi connectivity index (χ0v) is 13.3. The molecule has 1 heterocycles. The molecule has 1 aliphatic heterocycles. The third-order valence-corrected chi connectivity index (χ3v) is 4.79. The van der Waals surface area contributed by atoms with Crippen LogP contribution in [-0.4, -0.2) is 27.8 Å². The highest BCUT2D eigenvalue weighted by Crippen LogP contribution is 2.41. The minimum Gasteiger partial charge on any atom is -0.220 e. The van der Waals surface area contributed by atoms with Crippen molar-refractivity contribution in [3.63, 3.8) is 0 Å². The van der Waals surface area contributed by atoms with Crippen molar-refractivity contribution in [2.75, 3.05) is 12.3 Å². The Kier molecular flexibility index (Phi) is 4.86. The van der Waals surface area contributed by atoms with E-state index in [0.717, 1.165) is 30.8 Å². The van der Waals surface area contributed by atoms with Crippen LogP contribution >= 0.6 is 12.0 Å². The Balaban J connectivity index is 2.18. The highest BCUT2D eigenvalue weighted by molar-refractivity contribution is 7.94. The van der Waals surface area contributed by atoms with E-state index in [-0.39, 0.29) is 5.41 Å². The van der Waals surface area contributed by atoms with E-state index in [1.54, 1.807) is 0 Å². The molecule has 0 saturated carbocycles. The lowest BCUT2D eigenvalue weighted by Crippen LogP contribution is -2.26. The van der Waals surface area contributed by atoms with Crippen LogP contribution in [0.3, 0.4) is 0 Å². The van der Waals surface area contributed by atoms with E-state index >= 15 is 0 Å². The van der Waals surface area contributed by atoms with Crippen LogP contribution in [0.2, 0.25) is 0 Å². The predicted octanol–water partition coefficient (Wildman–Crippen LogP) is 3.85. The lowest BCUT2D eigenvalue weighted by molar-refractivity contribution is -0.440. The van der Waals surface area contributed by atoms with Crippen molar-refractivity contribution in [1.82, 2.24) is 0 Å². The third-order valence-electron chi connectivity index (χ3n) is 4.18. The fourth-order valence-corrected chi connectivity index (χ4v) is 3.20. The van der Waals surface area contributed by atoms with Gasteiger partial charge >= 0.3 is 0 Å². The van der Waals surface area contributed by atoms with Gasteiger partial charge in [-0.3, -0.25) is 0 Å². The molecule has 1 aliphatic rings. The molecule has 0 atom stereocenters. The molecular weight excluding hydrogens is 274 g/mol. The summed E-state index contributed by atoms with van der Waals surface area (Å²) in [6, 6.07) is 6.52. The Labute approximate surface area is 124 Å². The maximum atomic E-state index is 8.10. The molecule has 0 aromatic heterocycles. The van der Waals surface area contributed by atoms with Gasteiger partial charge in [0, 0.05) is 42.3 Å². The second-order valence-electron chi connectivity index (χ2n) is 5.65. The number of para-hydroxylation sites is 1. The second kappa shape index (κ2) is 6.26. The zero-order valence-electron chi connectivity index (χ0n) is 12.5. The minimum atomic E-state index is 0.0825. The molecule has 110 valence electrons. The maximum absolute atomic E-state index is 8.10. The van der Waals surface area contributed by atoms with Crippen LogP contribution in [0, 0.1) is 6.92 Å². The van der Waals surface area contributed by atoms with Crippen molar-refractivity contribution < 1.29 is 19.2 Å². The molecule has 0 unspecified atom stereocenters. The van der Waals surface area contributed by atoms with Gasteiger partial charge in [-0.1, -0.05) is 23.2 Å². The third kappa shape index (κ3) is 2.76. The van der Waals surface area contributed by atoms with E-state index in [0.29, 0.717) is 0 Å². The van der Waals surface area contributed by atoms with Gasteiger partial charge in [0.15, 0.2) is 5.71 Å². The molecule has 0 aliphatic carbocycles. The van der Waals surface area contributed by atoms with E-state index in [1.165, 1.54) is 22.5 Å². The van der Waals surface area contributed by atoms with Crippen molar-refractivity contribution in [3.8, 4) is 0 Å². The Morgan fingerprint density at radius 2 is 2.05 bits per heavy atom.